The molecule has 0 aliphatic carbocycles. The zero-order valence-corrected chi connectivity index (χ0v) is 8.30. The van der Waals surface area contributed by atoms with Crippen LogP contribution in [0.5, 0.6) is 0 Å². The predicted molar refractivity (Wildman–Crippen MR) is 53.5 cm³/mol. The van der Waals surface area contributed by atoms with Crippen molar-refractivity contribution in [3.05, 3.63) is 12.5 Å². The Kier molecular flexibility index (Phi) is 4.44. The number of hydrogen-bond donors (Lipinski definition) is 1. The molecule has 0 bridgehead atoms. The minimum Gasteiger partial charge on any atom is -0.440 e. The van der Waals surface area contributed by atoms with Crippen LogP contribution in [0.25, 0.3) is 0 Å². The Hall–Kier alpha value is -0.920. The molecule has 1 rings (SSSR count). The average molecular weight is 196 g/mol. The summed E-state index contributed by atoms with van der Waals surface area (Å²) in [5.41, 5.74) is 0. The van der Waals surface area contributed by atoms with Gasteiger partial charge in [-0.25, -0.2) is 4.98 Å². The maximum Gasteiger partial charge on any atom is 0.255 e. The van der Waals surface area contributed by atoms with Crippen LogP contribution in [-0.4, -0.2) is 23.3 Å². The Balaban J connectivity index is 2.19. The molecular formula is C9H12N2OS. The van der Waals surface area contributed by atoms with E-state index in [2.05, 4.69) is 23.1 Å². The van der Waals surface area contributed by atoms with Gasteiger partial charge in [0, 0.05) is 11.8 Å². The second kappa shape index (κ2) is 5.68. The molecule has 0 fully saturated rings. The summed E-state index contributed by atoms with van der Waals surface area (Å²) < 4.78 is 5.09. The molecule has 1 atom stereocenters. The Morgan fingerprint density at radius 1 is 1.85 bits per heavy atom. The van der Waals surface area contributed by atoms with Crippen molar-refractivity contribution in [1.82, 2.24) is 10.3 Å². The third-order valence-electron chi connectivity index (χ3n) is 1.37. The number of terminal acetylenes is 1. The van der Waals surface area contributed by atoms with Crippen molar-refractivity contribution in [2.24, 2.45) is 0 Å². The zero-order valence-electron chi connectivity index (χ0n) is 7.49. The molecule has 0 amide bonds. The number of rotatable bonds is 5. The van der Waals surface area contributed by atoms with Gasteiger partial charge in [0.05, 0.1) is 12.7 Å². The summed E-state index contributed by atoms with van der Waals surface area (Å²) in [6.45, 7) is 3.56. The van der Waals surface area contributed by atoms with Crippen LogP contribution in [0.1, 0.15) is 6.92 Å². The van der Waals surface area contributed by atoms with Crippen LogP contribution in [-0.2, 0) is 0 Å². The molecule has 0 aromatic carbocycles. The second-order valence-electron chi connectivity index (χ2n) is 2.56. The molecule has 70 valence electrons. The highest BCUT2D eigenvalue weighted by atomic mass is 32.2. The molecule has 0 saturated heterocycles. The fourth-order valence-corrected chi connectivity index (χ4v) is 1.61. The van der Waals surface area contributed by atoms with Crippen molar-refractivity contribution in [1.29, 1.82) is 0 Å². The topological polar surface area (TPSA) is 38.1 Å². The maximum atomic E-state index is 5.10. The van der Waals surface area contributed by atoms with E-state index in [0.29, 0.717) is 17.0 Å². The third-order valence-corrected chi connectivity index (χ3v) is 2.34. The van der Waals surface area contributed by atoms with E-state index < -0.39 is 0 Å². The summed E-state index contributed by atoms with van der Waals surface area (Å²) in [6.07, 6.45) is 8.32. The van der Waals surface area contributed by atoms with E-state index in [1.807, 2.05) is 0 Å². The van der Waals surface area contributed by atoms with Gasteiger partial charge in [-0.1, -0.05) is 24.6 Å². The summed E-state index contributed by atoms with van der Waals surface area (Å²) in [5, 5.41) is 4.23. The Bertz CT molecular complexity index is 266. The van der Waals surface area contributed by atoms with E-state index in [1.54, 1.807) is 24.2 Å². The van der Waals surface area contributed by atoms with Crippen LogP contribution < -0.4 is 5.32 Å². The van der Waals surface area contributed by atoms with Gasteiger partial charge in [-0.2, -0.15) is 0 Å². The molecular weight excluding hydrogens is 184 g/mol. The molecule has 4 heteroatoms. The lowest BCUT2D eigenvalue weighted by molar-refractivity contribution is 0.453. The minimum atomic E-state index is 0.409. The molecule has 1 aromatic rings. The van der Waals surface area contributed by atoms with Gasteiger partial charge in [-0.15, -0.1) is 6.42 Å². The van der Waals surface area contributed by atoms with Gasteiger partial charge in [-0.3, -0.25) is 0 Å². The first-order valence-corrected chi connectivity index (χ1v) is 4.91. The number of oxazole rings is 1. The minimum absolute atomic E-state index is 0.409. The van der Waals surface area contributed by atoms with E-state index in [0.717, 1.165) is 6.54 Å². The summed E-state index contributed by atoms with van der Waals surface area (Å²) in [4.78, 5) is 4.01. The quantitative estimate of drug-likeness (QED) is 0.438. The van der Waals surface area contributed by atoms with Gasteiger partial charge in [0.25, 0.3) is 5.22 Å². The van der Waals surface area contributed by atoms with E-state index in [4.69, 9.17) is 10.8 Å². The molecule has 3 nitrogen and oxygen atoms in total. The molecule has 13 heavy (non-hydrogen) atoms. The van der Waals surface area contributed by atoms with Gasteiger partial charge < -0.3 is 9.73 Å². The number of nitrogens with zero attached hydrogens (tertiary/aromatic N) is 1. The van der Waals surface area contributed by atoms with Crippen molar-refractivity contribution in [3.8, 4) is 12.3 Å². The SMILES string of the molecule is C#CCNCC(C)Sc1ncco1. The molecule has 0 saturated carbocycles. The van der Waals surface area contributed by atoms with Crippen molar-refractivity contribution in [3.63, 3.8) is 0 Å². The second-order valence-corrected chi connectivity index (χ2v) is 3.95. The zero-order chi connectivity index (χ0) is 9.52. The summed E-state index contributed by atoms with van der Waals surface area (Å²) >= 11 is 1.59. The summed E-state index contributed by atoms with van der Waals surface area (Å²) in [6, 6.07) is 0. The van der Waals surface area contributed by atoms with Gasteiger partial charge >= 0.3 is 0 Å². The fourth-order valence-electron chi connectivity index (χ4n) is 0.830. The highest BCUT2D eigenvalue weighted by Gasteiger charge is 2.06. The number of aromatic nitrogens is 1. The van der Waals surface area contributed by atoms with E-state index in [1.165, 1.54) is 0 Å². The molecule has 1 aromatic heterocycles. The van der Waals surface area contributed by atoms with Crippen LogP contribution in [0, 0.1) is 12.3 Å². The summed E-state index contributed by atoms with van der Waals surface area (Å²) in [5.74, 6) is 2.52. The van der Waals surface area contributed by atoms with Gasteiger partial charge in [0.1, 0.15) is 6.26 Å². The van der Waals surface area contributed by atoms with Gasteiger partial charge in [-0.05, 0) is 0 Å². The molecule has 0 spiro atoms. The van der Waals surface area contributed by atoms with Crippen LogP contribution in [0.2, 0.25) is 0 Å². The van der Waals surface area contributed by atoms with Crippen molar-refractivity contribution in [2.75, 3.05) is 13.1 Å². The normalized spacial score (nSPS) is 12.3. The molecule has 0 aliphatic heterocycles. The van der Waals surface area contributed by atoms with E-state index >= 15 is 0 Å². The van der Waals surface area contributed by atoms with E-state index in [-0.39, 0.29) is 0 Å². The van der Waals surface area contributed by atoms with Crippen LogP contribution >= 0.6 is 11.8 Å². The number of thioether (sulfide) groups is 1. The van der Waals surface area contributed by atoms with Crippen LogP contribution in [0.15, 0.2) is 22.1 Å². The highest BCUT2D eigenvalue weighted by molar-refractivity contribution is 7.99. The third kappa shape index (κ3) is 4.02. The predicted octanol–water partition coefficient (Wildman–Crippen LogP) is 1.38. The molecule has 1 unspecified atom stereocenters. The lowest BCUT2D eigenvalue weighted by atomic mass is 10.4. The smallest absolute Gasteiger partial charge is 0.255 e. The van der Waals surface area contributed by atoms with Crippen LogP contribution in [0.4, 0.5) is 0 Å². The Labute approximate surface area is 82.3 Å². The van der Waals surface area contributed by atoms with Crippen molar-refractivity contribution in [2.45, 2.75) is 17.4 Å². The Morgan fingerprint density at radius 3 is 3.31 bits per heavy atom. The lowest BCUT2D eigenvalue weighted by Crippen LogP contribution is -2.22. The summed E-state index contributed by atoms with van der Waals surface area (Å²) in [7, 11) is 0. The van der Waals surface area contributed by atoms with Crippen molar-refractivity contribution >= 4 is 11.8 Å². The molecule has 1 heterocycles. The van der Waals surface area contributed by atoms with Gasteiger partial charge in [0.15, 0.2) is 0 Å². The standard InChI is InChI=1S/C9H12N2OS/c1-3-4-10-7-8(2)13-9-11-5-6-12-9/h1,5-6,8,10H,4,7H2,2H3. The van der Waals surface area contributed by atoms with Gasteiger partial charge in [0.2, 0.25) is 0 Å². The molecule has 0 radical (unpaired) electrons. The largest absolute Gasteiger partial charge is 0.440 e. The monoisotopic (exact) mass is 196 g/mol. The number of nitrogens with one attached hydrogen (secondary N) is 1. The van der Waals surface area contributed by atoms with E-state index in [9.17, 15) is 0 Å². The first kappa shape index (κ1) is 10.2. The fraction of sp³-hybridized carbons (Fsp3) is 0.444. The average Bonchev–Trinajstić information content (AvgIpc) is 2.57. The highest BCUT2D eigenvalue weighted by Crippen LogP contribution is 2.19. The first-order chi connectivity index (χ1) is 6.33. The van der Waals surface area contributed by atoms with Crippen LogP contribution in [0.3, 0.4) is 0 Å². The molecule has 0 aliphatic rings. The first-order valence-electron chi connectivity index (χ1n) is 4.03. The molecule has 1 N–H and O–H groups in total. The lowest BCUT2D eigenvalue weighted by Gasteiger charge is -2.07. The maximum absolute atomic E-state index is 5.10. The number of hydrogen-bond acceptors (Lipinski definition) is 4. The van der Waals surface area contributed by atoms with Crippen molar-refractivity contribution < 1.29 is 4.42 Å². The Morgan fingerprint density at radius 2 is 2.69 bits per heavy atom.